The summed E-state index contributed by atoms with van der Waals surface area (Å²) in [7, 11) is 0. The van der Waals surface area contributed by atoms with Crippen LogP contribution in [0.25, 0.3) is 0 Å². The van der Waals surface area contributed by atoms with Crippen molar-refractivity contribution in [2.45, 2.75) is 60.3 Å². The first-order chi connectivity index (χ1) is 7.36. The molecule has 0 saturated carbocycles. The van der Waals surface area contributed by atoms with Crippen molar-refractivity contribution in [1.82, 2.24) is 0 Å². The van der Waals surface area contributed by atoms with Crippen molar-refractivity contribution in [3.63, 3.8) is 0 Å². The Morgan fingerprint density at radius 1 is 0.625 bits per heavy atom. The van der Waals surface area contributed by atoms with Crippen LogP contribution < -0.4 is 0 Å². The molecule has 0 aromatic heterocycles. The fourth-order valence-corrected chi connectivity index (χ4v) is 1.56. The smallest absolute Gasteiger partial charge is 0.0216 e. The Labute approximate surface area is 102 Å². The predicted molar refractivity (Wildman–Crippen MR) is 75.1 cm³/mol. The minimum atomic E-state index is 0.642. The van der Waals surface area contributed by atoms with E-state index in [4.69, 9.17) is 0 Å². The van der Waals surface area contributed by atoms with Gasteiger partial charge < -0.3 is 0 Å². The second-order valence-electron chi connectivity index (χ2n) is 5.67. The first-order valence-corrected chi connectivity index (χ1v) is 6.45. The SMILES string of the molecule is CC(C)C.CC(C)c1ccccc1C(C)C. The van der Waals surface area contributed by atoms with Crippen LogP contribution >= 0.6 is 0 Å². The fraction of sp³-hybridized carbons (Fsp3) is 0.625. The van der Waals surface area contributed by atoms with Crippen LogP contribution in [0.2, 0.25) is 0 Å². The summed E-state index contributed by atoms with van der Waals surface area (Å²) in [6.45, 7) is 15.5. The van der Waals surface area contributed by atoms with Crippen LogP contribution in [0.4, 0.5) is 0 Å². The van der Waals surface area contributed by atoms with E-state index in [1.807, 2.05) is 0 Å². The summed E-state index contributed by atoms with van der Waals surface area (Å²) in [6, 6.07) is 8.72. The summed E-state index contributed by atoms with van der Waals surface area (Å²) in [4.78, 5) is 0. The van der Waals surface area contributed by atoms with Crippen molar-refractivity contribution < 1.29 is 0 Å². The van der Waals surface area contributed by atoms with E-state index < -0.39 is 0 Å². The maximum Gasteiger partial charge on any atom is -0.0216 e. The molecule has 92 valence electrons. The lowest BCUT2D eigenvalue weighted by Crippen LogP contribution is -1.97. The monoisotopic (exact) mass is 220 g/mol. The predicted octanol–water partition coefficient (Wildman–Crippen LogP) is 5.60. The van der Waals surface area contributed by atoms with Gasteiger partial charge in [0.2, 0.25) is 0 Å². The van der Waals surface area contributed by atoms with Crippen LogP contribution in [0, 0.1) is 5.92 Å². The van der Waals surface area contributed by atoms with Gasteiger partial charge in [0, 0.05) is 0 Å². The lowest BCUT2D eigenvalue weighted by atomic mass is 9.91. The van der Waals surface area contributed by atoms with Gasteiger partial charge >= 0.3 is 0 Å². The average Bonchev–Trinajstić information content (AvgIpc) is 2.16. The molecule has 0 saturated heterocycles. The third-order valence-electron chi connectivity index (χ3n) is 2.24. The quantitative estimate of drug-likeness (QED) is 0.609. The third kappa shape index (κ3) is 5.95. The van der Waals surface area contributed by atoms with E-state index in [9.17, 15) is 0 Å². The van der Waals surface area contributed by atoms with Crippen LogP contribution in [0.5, 0.6) is 0 Å². The Bertz CT molecular complexity index is 252. The molecular weight excluding hydrogens is 192 g/mol. The van der Waals surface area contributed by atoms with Crippen LogP contribution in [-0.4, -0.2) is 0 Å². The van der Waals surface area contributed by atoms with Crippen molar-refractivity contribution in [1.29, 1.82) is 0 Å². The minimum absolute atomic E-state index is 0.642. The molecule has 0 amide bonds. The molecule has 0 heteroatoms. The van der Waals surface area contributed by atoms with E-state index in [0.29, 0.717) is 11.8 Å². The van der Waals surface area contributed by atoms with Gasteiger partial charge in [-0.05, 0) is 28.9 Å². The molecule has 1 rings (SSSR count). The Kier molecular flexibility index (Phi) is 7.12. The fourth-order valence-electron chi connectivity index (χ4n) is 1.56. The molecule has 16 heavy (non-hydrogen) atoms. The summed E-state index contributed by atoms with van der Waals surface area (Å²) < 4.78 is 0. The van der Waals surface area contributed by atoms with E-state index in [0.717, 1.165) is 5.92 Å². The number of rotatable bonds is 2. The summed E-state index contributed by atoms with van der Waals surface area (Å²) in [5.74, 6) is 2.12. The summed E-state index contributed by atoms with van der Waals surface area (Å²) in [5.41, 5.74) is 2.99. The van der Waals surface area contributed by atoms with Gasteiger partial charge in [0.05, 0.1) is 0 Å². The standard InChI is InChI=1S/C12H18.C4H10/c1-9(2)11-7-5-6-8-12(11)10(3)4;1-4(2)3/h5-10H,1-4H3;4H,1-3H3. The first-order valence-electron chi connectivity index (χ1n) is 6.45. The van der Waals surface area contributed by atoms with Gasteiger partial charge in [-0.15, -0.1) is 0 Å². The highest BCUT2D eigenvalue weighted by Crippen LogP contribution is 2.25. The van der Waals surface area contributed by atoms with Gasteiger partial charge in [0.25, 0.3) is 0 Å². The van der Waals surface area contributed by atoms with E-state index in [1.54, 1.807) is 0 Å². The lowest BCUT2D eigenvalue weighted by Gasteiger charge is -2.14. The summed E-state index contributed by atoms with van der Waals surface area (Å²) in [6.07, 6.45) is 0. The molecule has 1 aromatic carbocycles. The van der Waals surface area contributed by atoms with Crippen LogP contribution in [0.3, 0.4) is 0 Å². The normalized spacial score (nSPS) is 10.6. The molecule has 0 aliphatic heterocycles. The van der Waals surface area contributed by atoms with Gasteiger partial charge in [-0.2, -0.15) is 0 Å². The molecule has 0 spiro atoms. The van der Waals surface area contributed by atoms with Crippen LogP contribution in [0.15, 0.2) is 24.3 Å². The second kappa shape index (κ2) is 7.49. The van der Waals surface area contributed by atoms with Crippen molar-refractivity contribution in [3.8, 4) is 0 Å². The molecule has 0 radical (unpaired) electrons. The van der Waals surface area contributed by atoms with E-state index in [1.165, 1.54) is 11.1 Å². The Morgan fingerprint density at radius 3 is 1.06 bits per heavy atom. The molecule has 1 aromatic rings. The Hall–Kier alpha value is -0.780. The Morgan fingerprint density at radius 2 is 0.875 bits per heavy atom. The van der Waals surface area contributed by atoms with Crippen LogP contribution in [-0.2, 0) is 0 Å². The van der Waals surface area contributed by atoms with Crippen LogP contribution in [0.1, 0.15) is 71.4 Å². The van der Waals surface area contributed by atoms with Crippen molar-refractivity contribution in [3.05, 3.63) is 35.4 Å². The van der Waals surface area contributed by atoms with Gasteiger partial charge in [-0.25, -0.2) is 0 Å². The van der Waals surface area contributed by atoms with Gasteiger partial charge in [0.15, 0.2) is 0 Å². The maximum absolute atomic E-state index is 2.25. The molecule has 0 aliphatic rings. The molecule has 0 atom stereocenters. The van der Waals surface area contributed by atoms with E-state index >= 15 is 0 Å². The largest absolute Gasteiger partial charge is 0.0630 e. The minimum Gasteiger partial charge on any atom is -0.0630 e. The summed E-state index contributed by atoms with van der Waals surface area (Å²) in [5, 5.41) is 0. The molecular formula is C16H28. The van der Waals surface area contributed by atoms with Crippen molar-refractivity contribution in [2.75, 3.05) is 0 Å². The maximum atomic E-state index is 2.25. The highest BCUT2D eigenvalue weighted by Gasteiger charge is 2.07. The molecule has 0 nitrogen and oxygen atoms in total. The second-order valence-corrected chi connectivity index (χ2v) is 5.67. The molecule has 0 bridgehead atoms. The third-order valence-corrected chi connectivity index (χ3v) is 2.24. The molecule has 0 heterocycles. The molecule has 0 unspecified atom stereocenters. The lowest BCUT2D eigenvalue weighted by molar-refractivity contribution is 0.737. The first kappa shape index (κ1) is 15.2. The molecule has 0 N–H and O–H groups in total. The highest BCUT2D eigenvalue weighted by atomic mass is 14.1. The topological polar surface area (TPSA) is 0 Å². The average molecular weight is 220 g/mol. The summed E-state index contributed by atoms with van der Waals surface area (Å²) >= 11 is 0. The van der Waals surface area contributed by atoms with Crippen molar-refractivity contribution >= 4 is 0 Å². The molecule has 0 fully saturated rings. The van der Waals surface area contributed by atoms with E-state index in [-0.39, 0.29) is 0 Å². The number of hydrogen-bond acceptors (Lipinski definition) is 0. The zero-order chi connectivity index (χ0) is 12.7. The number of benzene rings is 1. The number of hydrogen-bond donors (Lipinski definition) is 0. The highest BCUT2D eigenvalue weighted by molar-refractivity contribution is 5.31. The van der Waals surface area contributed by atoms with Crippen molar-refractivity contribution in [2.24, 2.45) is 5.92 Å². The zero-order valence-electron chi connectivity index (χ0n) is 12.0. The Balaban J connectivity index is 0.000000487. The zero-order valence-corrected chi connectivity index (χ0v) is 12.0. The van der Waals surface area contributed by atoms with E-state index in [2.05, 4.69) is 72.7 Å². The molecule has 0 aliphatic carbocycles. The van der Waals surface area contributed by atoms with Gasteiger partial charge in [0.1, 0.15) is 0 Å². The van der Waals surface area contributed by atoms with Gasteiger partial charge in [-0.3, -0.25) is 0 Å². The van der Waals surface area contributed by atoms with Gasteiger partial charge in [-0.1, -0.05) is 72.7 Å².